The third-order valence-corrected chi connectivity index (χ3v) is 6.50. The highest BCUT2D eigenvalue weighted by Gasteiger charge is 2.37. The Morgan fingerprint density at radius 1 is 1.25 bits per heavy atom. The number of benzene rings is 2. The van der Waals surface area contributed by atoms with Gasteiger partial charge >= 0.3 is 0 Å². The standard InChI is InChI=1S/C21H23ClN2O3S/c1-21(2,13-22)20(26)23-15-9-5-4-8-14(15)19-24(18(25)12-28-19)16-10-6-7-11-17(16)27-3/h4-11,19H,12-13H2,1-3H3,(H,23,26)/t19-/m1/s1. The summed E-state index contributed by atoms with van der Waals surface area (Å²) in [5.41, 5.74) is 1.56. The number of rotatable bonds is 6. The van der Waals surface area contributed by atoms with Gasteiger partial charge in [0, 0.05) is 17.1 Å². The number of methoxy groups -OCH3 is 1. The summed E-state index contributed by atoms with van der Waals surface area (Å²) in [4.78, 5) is 27.1. The highest BCUT2D eigenvalue weighted by atomic mass is 35.5. The van der Waals surface area contributed by atoms with Crippen molar-refractivity contribution in [3.63, 3.8) is 0 Å². The molecular weight excluding hydrogens is 396 g/mol. The third kappa shape index (κ3) is 3.98. The van der Waals surface area contributed by atoms with Gasteiger partial charge in [0.1, 0.15) is 11.1 Å². The first kappa shape index (κ1) is 20.6. The van der Waals surface area contributed by atoms with E-state index in [1.165, 1.54) is 11.8 Å². The molecule has 1 atom stereocenters. The van der Waals surface area contributed by atoms with Crippen molar-refractivity contribution in [2.24, 2.45) is 5.41 Å². The van der Waals surface area contributed by atoms with Crippen LogP contribution in [0.5, 0.6) is 5.75 Å². The van der Waals surface area contributed by atoms with Gasteiger partial charge in [-0.15, -0.1) is 23.4 Å². The fraction of sp³-hybridized carbons (Fsp3) is 0.333. The molecule has 5 nitrogen and oxygen atoms in total. The first-order valence-electron chi connectivity index (χ1n) is 8.92. The number of amides is 2. The number of anilines is 2. The fourth-order valence-corrected chi connectivity index (χ4v) is 4.25. The van der Waals surface area contributed by atoms with Crippen LogP contribution in [0.2, 0.25) is 0 Å². The van der Waals surface area contributed by atoms with Gasteiger partial charge in [0.2, 0.25) is 11.8 Å². The van der Waals surface area contributed by atoms with Crippen LogP contribution in [0, 0.1) is 5.41 Å². The van der Waals surface area contributed by atoms with E-state index in [2.05, 4.69) is 5.32 Å². The van der Waals surface area contributed by atoms with E-state index >= 15 is 0 Å². The van der Waals surface area contributed by atoms with Crippen LogP contribution in [0.1, 0.15) is 24.8 Å². The van der Waals surface area contributed by atoms with Crippen LogP contribution in [0.3, 0.4) is 0 Å². The minimum absolute atomic E-state index is 0.00159. The van der Waals surface area contributed by atoms with Crippen LogP contribution in [0.25, 0.3) is 0 Å². The van der Waals surface area contributed by atoms with Crippen LogP contribution in [0.4, 0.5) is 11.4 Å². The largest absolute Gasteiger partial charge is 0.495 e. The van der Waals surface area contributed by atoms with Gasteiger partial charge < -0.3 is 10.1 Å². The monoisotopic (exact) mass is 418 g/mol. The average molecular weight is 419 g/mol. The van der Waals surface area contributed by atoms with Gasteiger partial charge in [-0.25, -0.2) is 0 Å². The van der Waals surface area contributed by atoms with Crippen molar-refractivity contribution in [1.82, 2.24) is 0 Å². The molecular formula is C21H23ClN2O3S. The topological polar surface area (TPSA) is 58.6 Å². The fourth-order valence-electron chi connectivity index (χ4n) is 2.92. The first-order valence-corrected chi connectivity index (χ1v) is 10.5. The lowest BCUT2D eigenvalue weighted by atomic mass is 9.95. The van der Waals surface area contributed by atoms with Crippen molar-refractivity contribution in [3.8, 4) is 5.75 Å². The highest BCUT2D eigenvalue weighted by Crippen LogP contribution is 2.46. The number of alkyl halides is 1. The zero-order valence-electron chi connectivity index (χ0n) is 16.1. The number of nitrogens with zero attached hydrogens (tertiary/aromatic N) is 1. The van der Waals surface area contributed by atoms with Crippen LogP contribution in [-0.2, 0) is 9.59 Å². The molecule has 0 aliphatic carbocycles. The summed E-state index contributed by atoms with van der Waals surface area (Å²) in [5, 5.41) is 2.72. The predicted molar refractivity (Wildman–Crippen MR) is 115 cm³/mol. The molecule has 2 amide bonds. The van der Waals surface area contributed by atoms with Crippen molar-refractivity contribution in [2.75, 3.05) is 29.0 Å². The average Bonchev–Trinajstić information content (AvgIpc) is 3.09. The SMILES string of the molecule is COc1ccccc1N1C(=O)CS[C@@H]1c1ccccc1NC(=O)C(C)(C)CCl. The maximum Gasteiger partial charge on any atom is 0.238 e. The van der Waals surface area contributed by atoms with Gasteiger partial charge in [-0.1, -0.05) is 30.3 Å². The maximum absolute atomic E-state index is 12.7. The predicted octanol–water partition coefficient (Wildman–Crippen LogP) is 4.68. The Labute approximate surface area is 174 Å². The Kier molecular flexibility index (Phi) is 6.20. The number of ether oxygens (including phenoxy) is 1. The van der Waals surface area contributed by atoms with Gasteiger partial charge in [0.25, 0.3) is 0 Å². The Balaban J connectivity index is 1.99. The number of carbonyl (C=O) groups is 2. The molecule has 1 N–H and O–H groups in total. The number of carbonyl (C=O) groups excluding carboxylic acids is 2. The van der Waals surface area contributed by atoms with Crippen LogP contribution in [-0.4, -0.2) is 30.6 Å². The lowest BCUT2D eigenvalue weighted by Crippen LogP contribution is -2.33. The Hall–Kier alpha value is -2.18. The van der Waals surface area contributed by atoms with Crippen LogP contribution < -0.4 is 15.0 Å². The Morgan fingerprint density at radius 3 is 2.64 bits per heavy atom. The van der Waals surface area contributed by atoms with E-state index in [-0.39, 0.29) is 23.1 Å². The number of halogens is 1. The maximum atomic E-state index is 12.7. The van der Waals surface area contributed by atoms with E-state index in [0.717, 1.165) is 5.56 Å². The van der Waals surface area contributed by atoms with E-state index < -0.39 is 5.41 Å². The minimum Gasteiger partial charge on any atom is -0.495 e. The molecule has 1 saturated heterocycles. The first-order chi connectivity index (χ1) is 13.4. The molecule has 1 aliphatic heterocycles. The number of hydrogen-bond donors (Lipinski definition) is 1. The summed E-state index contributed by atoms with van der Waals surface area (Å²) < 4.78 is 5.46. The Bertz CT molecular complexity index is 887. The summed E-state index contributed by atoms with van der Waals surface area (Å²) in [6, 6.07) is 15.0. The van der Waals surface area contributed by atoms with E-state index in [1.54, 1.807) is 25.9 Å². The number of nitrogens with one attached hydrogen (secondary N) is 1. The molecule has 1 heterocycles. The molecule has 1 fully saturated rings. The van der Waals surface area contributed by atoms with Gasteiger partial charge in [-0.2, -0.15) is 0 Å². The normalized spacial score (nSPS) is 16.9. The number of hydrogen-bond acceptors (Lipinski definition) is 4. The van der Waals surface area contributed by atoms with Gasteiger partial charge in [-0.05, 0) is 32.0 Å². The van der Waals surface area contributed by atoms with Crippen molar-refractivity contribution in [2.45, 2.75) is 19.2 Å². The summed E-state index contributed by atoms with van der Waals surface area (Å²) in [7, 11) is 1.59. The summed E-state index contributed by atoms with van der Waals surface area (Å²) in [6.07, 6.45) is 0. The molecule has 28 heavy (non-hydrogen) atoms. The zero-order chi connectivity index (χ0) is 20.3. The van der Waals surface area contributed by atoms with Crippen molar-refractivity contribution >= 4 is 46.6 Å². The molecule has 0 aromatic heterocycles. The second-order valence-electron chi connectivity index (χ2n) is 7.16. The molecule has 148 valence electrons. The van der Waals surface area contributed by atoms with E-state index in [1.807, 2.05) is 48.5 Å². The molecule has 0 bridgehead atoms. The number of thioether (sulfide) groups is 1. The molecule has 2 aromatic carbocycles. The van der Waals surface area contributed by atoms with E-state index in [0.29, 0.717) is 22.9 Å². The van der Waals surface area contributed by atoms with E-state index in [4.69, 9.17) is 16.3 Å². The van der Waals surface area contributed by atoms with Crippen molar-refractivity contribution in [1.29, 1.82) is 0 Å². The summed E-state index contributed by atoms with van der Waals surface area (Å²) in [6.45, 7) is 3.60. The van der Waals surface area contributed by atoms with Gasteiger partial charge in [-0.3, -0.25) is 14.5 Å². The molecule has 0 saturated carbocycles. The molecule has 1 aliphatic rings. The minimum atomic E-state index is -0.699. The molecule has 7 heteroatoms. The lowest BCUT2D eigenvalue weighted by Gasteiger charge is -2.28. The second kappa shape index (κ2) is 8.45. The molecule has 0 spiro atoms. The van der Waals surface area contributed by atoms with E-state index in [9.17, 15) is 9.59 Å². The van der Waals surface area contributed by atoms with Crippen molar-refractivity contribution in [3.05, 3.63) is 54.1 Å². The molecule has 0 unspecified atom stereocenters. The van der Waals surface area contributed by atoms with Crippen LogP contribution in [0.15, 0.2) is 48.5 Å². The molecule has 0 radical (unpaired) electrons. The Morgan fingerprint density at radius 2 is 1.93 bits per heavy atom. The third-order valence-electron chi connectivity index (χ3n) is 4.64. The van der Waals surface area contributed by atoms with Crippen LogP contribution >= 0.6 is 23.4 Å². The van der Waals surface area contributed by atoms with Crippen molar-refractivity contribution < 1.29 is 14.3 Å². The van der Waals surface area contributed by atoms with Gasteiger partial charge in [0.15, 0.2) is 0 Å². The summed E-state index contributed by atoms with van der Waals surface area (Å²) >= 11 is 7.47. The lowest BCUT2D eigenvalue weighted by molar-refractivity contribution is -0.123. The molecule has 2 aromatic rings. The highest BCUT2D eigenvalue weighted by molar-refractivity contribution is 8.00. The zero-order valence-corrected chi connectivity index (χ0v) is 17.6. The quantitative estimate of drug-likeness (QED) is 0.692. The van der Waals surface area contributed by atoms with Gasteiger partial charge in [0.05, 0.1) is 24.0 Å². The smallest absolute Gasteiger partial charge is 0.238 e. The second-order valence-corrected chi connectivity index (χ2v) is 8.49. The molecule has 3 rings (SSSR count). The number of para-hydroxylation sites is 3. The summed E-state index contributed by atoms with van der Waals surface area (Å²) in [5.74, 6) is 1.05.